The quantitative estimate of drug-likeness (QED) is 0.486. The highest BCUT2D eigenvalue weighted by Gasteiger charge is 2.09. The fraction of sp³-hybridized carbons (Fsp3) is 0.217. The molecule has 0 aliphatic carbocycles. The molecule has 26 heavy (non-hydrogen) atoms. The fourth-order valence-electron chi connectivity index (χ4n) is 3.75. The van der Waals surface area contributed by atoms with Gasteiger partial charge in [0.2, 0.25) is 0 Å². The van der Waals surface area contributed by atoms with E-state index in [1.807, 2.05) is 0 Å². The molecular formula is C23H25N3. The Hall–Kier alpha value is -2.78. The van der Waals surface area contributed by atoms with Crippen LogP contribution in [0.25, 0.3) is 32.9 Å². The lowest BCUT2D eigenvalue weighted by Crippen LogP contribution is -2.29. The first-order valence-corrected chi connectivity index (χ1v) is 8.98. The summed E-state index contributed by atoms with van der Waals surface area (Å²) in [6.07, 6.45) is 0. The Labute approximate surface area is 155 Å². The van der Waals surface area contributed by atoms with Gasteiger partial charge in [-0.05, 0) is 49.5 Å². The average Bonchev–Trinajstić information content (AvgIpc) is 2.94. The molecule has 3 aromatic carbocycles. The molecule has 0 saturated carbocycles. The van der Waals surface area contributed by atoms with Crippen LogP contribution in [0.2, 0.25) is 0 Å². The lowest BCUT2D eigenvalue weighted by atomic mass is 10.0. The van der Waals surface area contributed by atoms with Crippen LogP contribution < -0.4 is 4.90 Å². The molecule has 0 atom stereocenters. The maximum absolute atomic E-state index is 2.30. The van der Waals surface area contributed by atoms with Crippen molar-refractivity contribution in [2.75, 3.05) is 32.7 Å². The number of hydrogen-bond acceptors (Lipinski definition) is 2. The Morgan fingerprint density at radius 1 is 0.731 bits per heavy atom. The van der Waals surface area contributed by atoms with E-state index in [0.717, 1.165) is 6.67 Å². The van der Waals surface area contributed by atoms with Gasteiger partial charge in [-0.15, -0.1) is 0 Å². The van der Waals surface area contributed by atoms with Crippen molar-refractivity contribution in [2.45, 2.75) is 0 Å². The number of fused-ring (bicyclic) bond motifs is 3. The Morgan fingerprint density at radius 2 is 1.38 bits per heavy atom. The van der Waals surface area contributed by atoms with E-state index in [1.165, 1.54) is 38.6 Å². The van der Waals surface area contributed by atoms with Gasteiger partial charge in [-0.1, -0.05) is 42.5 Å². The van der Waals surface area contributed by atoms with E-state index in [2.05, 4.69) is 109 Å². The second kappa shape index (κ2) is 6.50. The van der Waals surface area contributed by atoms with Crippen molar-refractivity contribution in [1.29, 1.82) is 0 Å². The second-order valence-corrected chi connectivity index (χ2v) is 7.27. The van der Waals surface area contributed by atoms with Crippen LogP contribution in [-0.4, -0.2) is 37.3 Å². The highest BCUT2D eigenvalue weighted by Crippen LogP contribution is 2.32. The second-order valence-electron chi connectivity index (χ2n) is 7.27. The van der Waals surface area contributed by atoms with Crippen LogP contribution in [0.1, 0.15) is 0 Å². The van der Waals surface area contributed by atoms with E-state index >= 15 is 0 Å². The zero-order valence-corrected chi connectivity index (χ0v) is 15.9. The highest BCUT2D eigenvalue weighted by molar-refractivity contribution is 6.08. The molecule has 0 N–H and O–H groups in total. The normalized spacial score (nSPS) is 11.6. The Morgan fingerprint density at radius 3 is 2.12 bits per heavy atom. The predicted molar refractivity (Wildman–Crippen MR) is 113 cm³/mol. The topological polar surface area (TPSA) is 11.4 Å². The molecule has 3 heteroatoms. The molecule has 1 aromatic heterocycles. The number of aromatic nitrogens is 1. The van der Waals surface area contributed by atoms with Crippen LogP contribution in [0.5, 0.6) is 0 Å². The number of para-hydroxylation sites is 1. The van der Waals surface area contributed by atoms with Gasteiger partial charge in [0, 0.05) is 41.6 Å². The van der Waals surface area contributed by atoms with Crippen molar-refractivity contribution < 1.29 is 0 Å². The van der Waals surface area contributed by atoms with Gasteiger partial charge in [-0.25, -0.2) is 0 Å². The minimum atomic E-state index is 0.904. The lowest BCUT2D eigenvalue weighted by molar-refractivity contribution is 0.412. The highest BCUT2D eigenvalue weighted by atomic mass is 15.3. The van der Waals surface area contributed by atoms with Crippen molar-refractivity contribution in [1.82, 2.24) is 9.47 Å². The van der Waals surface area contributed by atoms with Gasteiger partial charge in [-0.2, -0.15) is 0 Å². The van der Waals surface area contributed by atoms with E-state index < -0.39 is 0 Å². The maximum atomic E-state index is 2.30. The molecule has 0 saturated heterocycles. The minimum absolute atomic E-state index is 0.904. The van der Waals surface area contributed by atoms with E-state index in [4.69, 9.17) is 0 Å². The summed E-state index contributed by atoms with van der Waals surface area (Å²) >= 11 is 0. The van der Waals surface area contributed by atoms with Crippen LogP contribution in [0.4, 0.5) is 5.69 Å². The number of rotatable bonds is 4. The van der Waals surface area contributed by atoms with Gasteiger partial charge >= 0.3 is 0 Å². The largest absolute Gasteiger partial charge is 0.362 e. The van der Waals surface area contributed by atoms with Gasteiger partial charge in [0.05, 0.1) is 6.67 Å². The fourth-order valence-corrected chi connectivity index (χ4v) is 3.75. The zero-order chi connectivity index (χ0) is 18.3. The van der Waals surface area contributed by atoms with Gasteiger partial charge in [0.1, 0.15) is 0 Å². The molecule has 0 aliphatic heterocycles. The summed E-state index contributed by atoms with van der Waals surface area (Å²) in [5, 5.41) is 2.63. The van der Waals surface area contributed by atoms with Crippen LogP contribution in [-0.2, 0) is 7.05 Å². The summed E-state index contributed by atoms with van der Waals surface area (Å²) in [7, 11) is 8.44. The molecule has 132 valence electrons. The number of anilines is 1. The smallest absolute Gasteiger partial charge is 0.0698 e. The molecule has 0 bridgehead atoms. The predicted octanol–water partition coefficient (Wildman–Crippen LogP) is 4.95. The average molecular weight is 343 g/mol. The van der Waals surface area contributed by atoms with E-state index in [9.17, 15) is 0 Å². The number of benzene rings is 3. The zero-order valence-electron chi connectivity index (χ0n) is 15.9. The van der Waals surface area contributed by atoms with Crippen molar-refractivity contribution in [3.63, 3.8) is 0 Å². The Bertz CT molecular complexity index is 1060. The lowest BCUT2D eigenvalue weighted by Gasteiger charge is -2.23. The van der Waals surface area contributed by atoms with Crippen LogP contribution in [0, 0.1) is 0 Å². The molecule has 0 radical (unpaired) electrons. The third-order valence-corrected chi connectivity index (χ3v) is 5.05. The summed E-state index contributed by atoms with van der Waals surface area (Å²) in [5.74, 6) is 0. The maximum Gasteiger partial charge on any atom is 0.0698 e. The first-order chi connectivity index (χ1) is 12.5. The van der Waals surface area contributed by atoms with Gasteiger partial charge in [-0.3, -0.25) is 4.90 Å². The van der Waals surface area contributed by atoms with Crippen molar-refractivity contribution in [3.05, 3.63) is 66.7 Å². The van der Waals surface area contributed by atoms with Gasteiger partial charge < -0.3 is 9.47 Å². The van der Waals surface area contributed by atoms with Crippen LogP contribution in [0.15, 0.2) is 66.7 Å². The molecule has 0 unspecified atom stereocenters. The number of aryl methyl sites for hydroxylation is 1. The minimum Gasteiger partial charge on any atom is -0.362 e. The number of hydrogen-bond donors (Lipinski definition) is 0. The molecular weight excluding hydrogens is 318 g/mol. The summed E-state index contributed by atoms with van der Waals surface area (Å²) in [6.45, 7) is 0.904. The number of nitrogens with zero attached hydrogens (tertiary/aromatic N) is 3. The SMILES string of the molecule is CN(C)CN(C)c1ccc(-c2ccc3c4ccccc4n(C)c3c2)cc1. The summed E-state index contributed by atoms with van der Waals surface area (Å²) in [5.41, 5.74) is 6.29. The molecule has 0 spiro atoms. The third-order valence-electron chi connectivity index (χ3n) is 5.05. The third kappa shape index (κ3) is 2.85. The molecule has 1 heterocycles. The molecule has 4 aromatic rings. The Kier molecular flexibility index (Phi) is 4.17. The Balaban J connectivity index is 1.73. The first-order valence-electron chi connectivity index (χ1n) is 8.98. The standard InChI is InChI=1S/C23H25N3/c1-24(2)16-25(3)19-12-9-17(10-13-19)18-11-14-21-20-7-5-6-8-22(20)26(4)23(21)15-18/h5-15H,16H2,1-4H3. The first kappa shape index (κ1) is 16.7. The van der Waals surface area contributed by atoms with E-state index in [0.29, 0.717) is 0 Å². The molecule has 0 aliphatic rings. The van der Waals surface area contributed by atoms with Gasteiger partial charge in [0.15, 0.2) is 0 Å². The molecule has 3 nitrogen and oxygen atoms in total. The summed E-state index contributed by atoms with van der Waals surface area (Å²) in [4.78, 5) is 4.42. The van der Waals surface area contributed by atoms with E-state index in [1.54, 1.807) is 0 Å². The summed E-state index contributed by atoms with van der Waals surface area (Å²) in [6, 6.07) is 24.2. The van der Waals surface area contributed by atoms with Crippen molar-refractivity contribution in [2.24, 2.45) is 7.05 Å². The molecule has 0 amide bonds. The van der Waals surface area contributed by atoms with Gasteiger partial charge in [0.25, 0.3) is 0 Å². The monoisotopic (exact) mass is 343 g/mol. The summed E-state index contributed by atoms with van der Waals surface area (Å²) < 4.78 is 2.29. The van der Waals surface area contributed by atoms with Crippen LogP contribution in [0.3, 0.4) is 0 Å². The molecule has 0 fully saturated rings. The molecule has 4 rings (SSSR count). The van der Waals surface area contributed by atoms with Crippen molar-refractivity contribution in [3.8, 4) is 11.1 Å². The van der Waals surface area contributed by atoms with E-state index in [-0.39, 0.29) is 0 Å². The van der Waals surface area contributed by atoms with Crippen LogP contribution >= 0.6 is 0 Å². The van der Waals surface area contributed by atoms with Crippen molar-refractivity contribution >= 4 is 27.5 Å².